The minimum Gasteiger partial charge on any atom is -0.456 e. The molecule has 0 aliphatic carbocycles. The summed E-state index contributed by atoms with van der Waals surface area (Å²) in [6, 6.07) is 28.5. The van der Waals surface area contributed by atoms with Crippen LogP contribution in [0.2, 0.25) is 0 Å². The summed E-state index contributed by atoms with van der Waals surface area (Å²) in [5.74, 6) is 0. The van der Waals surface area contributed by atoms with E-state index in [1.807, 2.05) is 60.1 Å². The van der Waals surface area contributed by atoms with Crippen molar-refractivity contribution in [3.63, 3.8) is 0 Å². The van der Waals surface area contributed by atoms with E-state index in [0.29, 0.717) is 11.1 Å². The van der Waals surface area contributed by atoms with Crippen LogP contribution >= 0.6 is 0 Å². The van der Waals surface area contributed by atoms with Crippen LogP contribution in [0.5, 0.6) is 0 Å². The zero-order chi connectivity index (χ0) is 24.3. The number of aryl methyl sites for hydroxylation is 3. The fraction of sp³-hybridized carbons (Fsp3) is 0.100. The summed E-state index contributed by atoms with van der Waals surface area (Å²) in [5.41, 5.74) is 6.63. The van der Waals surface area contributed by atoms with Crippen molar-refractivity contribution in [3.05, 3.63) is 102 Å². The fourth-order valence-electron chi connectivity index (χ4n) is 4.71. The van der Waals surface area contributed by atoms with E-state index in [1.165, 1.54) is 5.39 Å². The average molecular weight is 418 g/mol. The van der Waals surface area contributed by atoms with E-state index in [2.05, 4.69) is 43.3 Å². The molecule has 0 aliphatic heterocycles. The van der Waals surface area contributed by atoms with E-state index in [9.17, 15) is 0 Å². The van der Waals surface area contributed by atoms with Crippen molar-refractivity contribution in [2.75, 3.05) is 0 Å². The third kappa shape index (κ3) is 2.84. The average Bonchev–Trinajstić information content (AvgIpc) is 3.21. The smallest absolute Gasteiger partial charge is 0.213 e. The van der Waals surface area contributed by atoms with Gasteiger partial charge < -0.3 is 4.42 Å². The first-order valence-electron chi connectivity index (χ1n) is 12.3. The van der Waals surface area contributed by atoms with Gasteiger partial charge in [-0.15, -0.1) is 0 Å². The van der Waals surface area contributed by atoms with Crippen LogP contribution in [0.4, 0.5) is 0 Å². The first-order valence-corrected chi connectivity index (χ1v) is 10.8. The largest absolute Gasteiger partial charge is 0.456 e. The van der Waals surface area contributed by atoms with Gasteiger partial charge in [-0.25, -0.2) is 4.57 Å². The minimum absolute atomic E-state index is 0.337. The van der Waals surface area contributed by atoms with Crippen molar-refractivity contribution in [2.45, 2.75) is 13.8 Å². The summed E-state index contributed by atoms with van der Waals surface area (Å²) in [7, 11) is 1.90. The second-order valence-electron chi connectivity index (χ2n) is 8.38. The van der Waals surface area contributed by atoms with Crippen molar-refractivity contribution in [1.29, 1.82) is 0 Å². The Labute approximate surface area is 191 Å². The normalized spacial score (nSPS) is 13.4. The predicted octanol–water partition coefficient (Wildman–Crippen LogP) is 7.51. The second-order valence-corrected chi connectivity index (χ2v) is 8.38. The lowest BCUT2D eigenvalue weighted by Crippen LogP contribution is -2.31. The van der Waals surface area contributed by atoms with Crippen molar-refractivity contribution in [3.8, 4) is 22.4 Å². The number of hydrogen-bond donors (Lipinski definition) is 0. The van der Waals surface area contributed by atoms with Gasteiger partial charge in [-0.05, 0) is 59.9 Å². The molecule has 2 aromatic heterocycles. The molecule has 0 N–H and O–H groups in total. The molecule has 6 rings (SSSR count). The van der Waals surface area contributed by atoms with E-state index < -0.39 is 6.85 Å². The highest BCUT2D eigenvalue weighted by Gasteiger charge is 2.20. The Morgan fingerprint density at radius 1 is 0.781 bits per heavy atom. The Morgan fingerprint density at radius 3 is 2.31 bits per heavy atom. The maximum Gasteiger partial charge on any atom is 0.213 e. The topological polar surface area (TPSA) is 17.0 Å². The number of aromatic nitrogens is 1. The molecule has 0 bridgehead atoms. The molecular weight excluding hydrogens is 390 g/mol. The highest BCUT2D eigenvalue weighted by Crippen LogP contribution is 2.37. The number of fused-ring (bicyclic) bond motifs is 4. The Bertz CT molecular complexity index is 1750. The third-order valence-corrected chi connectivity index (χ3v) is 6.39. The number of nitrogens with zero attached hydrogens (tertiary/aromatic N) is 1. The summed E-state index contributed by atoms with van der Waals surface area (Å²) in [6.45, 7) is -0.152. The third-order valence-electron chi connectivity index (χ3n) is 6.39. The van der Waals surface area contributed by atoms with Crippen molar-refractivity contribution < 1.29 is 13.1 Å². The molecule has 0 aliphatic rings. The lowest BCUT2D eigenvalue weighted by Gasteiger charge is -2.10. The van der Waals surface area contributed by atoms with Crippen LogP contribution in [0, 0.1) is 13.8 Å². The minimum atomic E-state index is -2.22. The van der Waals surface area contributed by atoms with Crippen LogP contribution < -0.4 is 4.57 Å². The highest BCUT2D eigenvalue weighted by molar-refractivity contribution is 6.11. The first kappa shape index (κ1) is 15.8. The quantitative estimate of drug-likeness (QED) is 0.266. The molecule has 0 fully saturated rings. The van der Waals surface area contributed by atoms with Crippen molar-refractivity contribution >= 4 is 32.7 Å². The van der Waals surface area contributed by atoms with Crippen LogP contribution in [0.15, 0.2) is 95.5 Å². The molecule has 0 saturated carbocycles. The van der Waals surface area contributed by atoms with Gasteiger partial charge in [0.1, 0.15) is 18.2 Å². The van der Waals surface area contributed by atoms with Crippen LogP contribution in [0.25, 0.3) is 55.1 Å². The first-order chi connectivity index (χ1) is 16.8. The van der Waals surface area contributed by atoms with Gasteiger partial charge in [0, 0.05) is 32.1 Å². The summed E-state index contributed by atoms with van der Waals surface area (Å²) >= 11 is 0. The van der Waals surface area contributed by atoms with E-state index in [-0.39, 0.29) is 0 Å². The lowest BCUT2D eigenvalue weighted by molar-refractivity contribution is -0.660. The molecule has 32 heavy (non-hydrogen) atoms. The molecule has 0 radical (unpaired) electrons. The van der Waals surface area contributed by atoms with Gasteiger partial charge in [0.15, 0.2) is 6.20 Å². The molecular formula is C30H24NO+. The zero-order valence-corrected chi connectivity index (χ0v) is 18.0. The lowest BCUT2D eigenvalue weighted by atomic mass is 9.96. The van der Waals surface area contributed by atoms with Crippen molar-refractivity contribution in [1.82, 2.24) is 0 Å². The van der Waals surface area contributed by atoms with Crippen LogP contribution in [-0.4, -0.2) is 0 Å². The van der Waals surface area contributed by atoms with Gasteiger partial charge in [-0.2, -0.15) is 0 Å². The van der Waals surface area contributed by atoms with Crippen LogP contribution in [0.3, 0.4) is 0 Å². The van der Waals surface area contributed by atoms with Crippen molar-refractivity contribution in [2.24, 2.45) is 7.05 Å². The van der Waals surface area contributed by atoms with Gasteiger partial charge in [0.05, 0.1) is 5.56 Å². The number of benzene rings is 4. The zero-order valence-electron chi connectivity index (χ0n) is 21.0. The molecule has 2 heteroatoms. The summed E-state index contributed by atoms with van der Waals surface area (Å²) < 4.78 is 32.6. The van der Waals surface area contributed by atoms with E-state index in [4.69, 9.17) is 8.53 Å². The SMILES string of the molecule is [2H]C([2H])([2H])c1c[n+](C)c(-c2ccc3c(oc4cc5ccccc5cc43)c2C)cc1-c1ccccc1. The summed E-state index contributed by atoms with van der Waals surface area (Å²) in [5, 5.41) is 4.51. The molecule has 0 amide bonds. The Balaban J connectivity index is 1.60. The highest BCUT2D eigenvalue weighted by atomic mass is 16.3. The number of rotatable bonds is 2. The predicted molar refractivity (Wildman–Crippen MR) is 133 cm³/mol. The number of pyridine rings is 1. The molecule has 6 aromatic rings. The van der Waals surface area contributed by atoms with Gasteiger partial charge in [0.25, 0.3) is 0 Å². The standard InChI is InChI=1S/C30H24NO/c1-19-18-31(3)28(17-26(19)21-9-5-4-6-10-21)24-13-14-25-27-15-22-11-7-8-12-23(22)16-29(27)32-30(25)20(24)2/h4-18H,1-3H3/q+1/i1D3. The van der Waals surface area contributed by atoms with Gasteiger partial charge in [0.2, 0.25) is 5.69 Å². The van der Waals surface area contributed by atoms with E-state index >= 15 is 0 Å². The Hall–Kier alpha value is -3.91. The maximum absolute atomic E-state index is 8.11. The number of hydrogen-bond acceptors (Lipinski definition) is 1. The molecule has 2 nitrogen and oxygen atoms in total. The fourth-order valence-corrected chi connectivity index (χ4v) is 4.71. The monoisotopic (exact) mass is 417 g/mol. The molecule has 4 aromatic carbocycles. The maximum atomic E-state index is 8.11. The van der Waals surface area contributed by atoms with Gasteiger partial charge in [-0.1, -0.05) is 54.6 Å². The summed E-state index contributed by atoms with van der Waals surface area (Å²) in [6.07, 6.45) is 1.74. The Kier molecular flexibility index (Phi) is 3.49. The Morgan fingerprint density at radius 2 is 1.53 bits per heavy atom. The van der Waals surface area contributed by atoms with Crippen LogP contribution in [0.1, 0.15) is 15.2 Å². The molecule has 0 saturated heterocycles. The second kappa shape index (κ2) is 7.06. The number of furan rings is 1. The summed E-state index contributed by atoms with van der Waals surface area (Å²) in [4.78, 5) is 0. The molecule has 0 atom stereocenters. The molecule has 0 unspecified atom stereocenters. The molecule has 2 heterocycles. The molecule has 154 valence electrons. The van der Waals surface area contributed by atoms with E-state index in [1.54, 1.807) is 6.20 Å². The van der Waals surface area contributed by atoms with E-state index in [0.717, 1.165) is 49.7 Å². The van der Waals surface area contributed by atoms with Gasteiger partial charge >= 0.3 is 0 Å². The molecule has 0 spiro atoms. The van der Waals surface area contributed by atoms with Crippen LogP contribution in [-0.2, 0) is 7.05 Å². The van der Waals surface area contributed by atoms with Gasteiger partial charge in [-0.3, -0.25) is 0 Å².